The number of rotatable bonds is 5. The Hall–Kier alpha value is -2.70. The molecule has 1 amide bonds. The molecule has 2 aromatic rings. The molecule has 0 unspecified atom stereocenters. The number of carbonyl (C=O) groups excluding carboxylic acids is 2. The molecule has 1 aromatic heterocycles. The summed E-state index contributed by atoms with van der Waals surface area (Å²) >= 11 is 0. The number of nitrogens with zero attached hydrogens (tertiary/aromatic N) is 3. The summed E-state index contributed by atoms with van der Waals surface area (Å²) in [6, 6.07) is 9.46. The minimum absolute atomic E-state index is 0.118. The predicted octanol–water partition coefficient (Wildman–Crippen LogP) is 2.43. The number of benzene rings is 1. The third-order valence-electron chi connectivity index (χ3n) is 4.75. The molecule has 1 N–H and O–H groups in total. The minimum Gasteiger partial charge on any atom is -0.451 e. The maximum Gasteiger partial charge on any atom is 0.361 e. The van der Waals surface area contributed by atoms with Crippen molar-refractivity contribution in [2.75, 3.05) is 6.61 Å². The molecule has 0 aliphatic heterocycles. The lowest BCUT2D eigenvalue weighted by atomic mass is 9.86. The van der Waals surface area contributed by atoms with Crippen molar-refractivity contribution in [3.8, 4) is 5.69 Å². The molecule has 7 nitrogen and oxygen atoms in total. The van der Waals surface area contributed by atoms with E-state index >= 15 is 0 Å². The van der Waals surface area contributed by atoms with Crippen LogP contribution in [0.15, 0.2) is 30.3 Å². The van der Waals surface area contributed by atoms with Crippen molar-refractivity contribution < 1.29 is 14.3 Å². The summed E-state index contributed by atoms with van der Waals surface area (Å²) in [6.45, 7) is 3.52. The zero-order valence-electron chi connectivity index (χ0n) is 15.1. The van der Waals surface area contributed by atoms with Crippen LogP contribution in [-0.2, 0) is 9.53 Å². The molecule has 2 atom stereocenters. The second-order valence-electron chi connectivity index (χ2n) is 6.77. The number of esters is 1. The van der Waals surface area contributed by atoms with Crippen LogP contribution in [-0.4, -0.2) is 39.5 Å². The van der Waals surface area contributed by atoms with Crippen molar-refractivity contribution in [2.24, 2.45) is 5.92 Å². The van der Waals surface area contributed by atoms with Gasteiger partial charge in [0.25, 0.3) is 5.91 Å². The zero-order valence-corrected chi connectivity index (χ0v) is 15.1. The molecular weight excluding hydrogens is 332 g/mol. The van der Waals surface area contributed by atoms with Gasteiger partial charge in [-0.1, -0.05) is 38.0 Å². The highest BCUT2D eigenvalue weighted by Crippen LogP contribution is 2.23. The van der Waals surface area contributed by atoms with Gasteiger partial charge in [0.1, 0.15) is 0 Å². The summed E-state index contributed by atoms with van der Waals surface area (Å²) < 4.78 is 5.13. The lowest BCUT2D eigenvalue weighted by Crippen LogP contribution is -2.42. The standard InChI is InChI=1S/C19H24N4O3/c1-13-8-6-7-11-16(13)20-17(24)12-26-19(25)18-14(2)21-23(22-18)15-9-4-3-5-10-15/h3-5,9-10,13,16H,6-8,11-12H2,1-2H3,(H,20,24)/t13-,16+/m1/s1. The number of hydrogen-bond acceptors (Lipinski definition) is 5. The first-order valence-electron chi connectivity index (χ1n) is 9.00. The Labute approximate surface area is 152 Å². The van der Waals surface area contributed by atoms with Gasteiger partial charge in [-0.2, -0.15) is 9.90 Å². The van der Waals surface area contributed by atoms with Crippen molar-refractivity contribution in [1.29, 1.82) is 0 Å². The molecule has 0 saturated heterocycles. The summed E-state index contributed by atoms with van der Waals surface area (Å²) in [5.74, 6) is -0.460. The highest BCUT2D eigenvalue weighted by molar-refractivity contribution is 5.90. The lowest BCUT2D eigenvalue weighted by Gasteiger charge is -2.29. The second kappa shape index (κ2) is 8.12. The van der Waals surface area contributed by atoms with Crippen LogP contribution in [0.5, 0.6) is 0 Å². The molecule has 1 heterocycles. The summed E-state index contributed by atoms with van der Waals surface area (Å²) in [4.78, 5) is 25.7. The van der Waals surface area contributed by atoms with E-state index in [0.717, 1.165) is 24.9 Å². The Balaban J connectivity index is 1.56. The number of carbonyl (C=O) groups is 2. The molecule has 7 heteroatoms. The average Bonchev–Trinajstić information content (AvgIpc) is 3.04. The molecule has 138 valence electrons. The Kier molecular flexibility index (Phi) is 5.65. The van der Waals surface area contributed by atoms with Gasteiger partial charge in [0.15, 0.2) is 12.3 Å². The topological polar surface area (TPSA) is 86.1 Å². The molecule has 1 aromatic carbocycles. The van der Waals surface area contributed by atoms with Crippen molar-refractivity contribution in [3.05, 3.63) is 41.7 Å². The molecule has 26 heavy (non-hydrogen) atoms. The summed E-state index contributed by atoms with van der Waals surface area (Å²) in [6.07, 6.45) is 4.42. The summed E-state index contributed by atoms with van der Waals surface area (Å²) in [7, 11) is 0. The third-order valence-corrected chi connectivity index (χ3v) is 4.75. The smallest absolute Gasteiger partial charge is 0.361 e. The first-order valence-corrected chi connectivity index (χ1v) is 9.00. The molecule has 0 spiro atoms. The van der Waals surface area contributed by atoms with Crippen molar-refractivity contribution in [3.63, 3.8) is 0 Å². The van der Waals surface area contributed by atoms with Crippen molar-refractivity contribution in [2.45, 2.75) is 45.6 Å². The number of amides is 1. The number of aromatic nitrogens is 3. The molecule has 1 aliphatic rings. The van der Waals surface area contributed by atoms with Crippen LogP contribution in [0, 0.1) is 12.8 Å². The number of ether oxygens (including phenoxy) is 1. The van der Waals surface area contributed by atoms with E-state index in [2.05, 4.69) is 22.4 Å². The fourth-order valence-electron chi connectivity index (χ4n) is 3.22. The van der Waals surface area contributed by atoms with Gasteiger partial charge < -0.3 is 10.1 Å². The highest BCUT2D eigenvalue weighted by Gasteiger charge is 2.24. The van der Waals surface area contributed by atoms with Gasteiger partial charge in [-0.15, -0.1) is 5.10 Å². The molecule has 1 saturated carbocycles. The Morgan fingerprint density at radius 3 is 2.65 bits per heavy atom. The lowest BCUT2D eigenvalue weighted by molar-refractivity contribution is -0.125. The van der Waals surface area contributed by atoms with Crippen LogP contribution >= 0.6 is 0 Å². The number of aryl methyl sites for hydroxylation is 1. The monoisotopic (exact) mass is 356 g/mol. The normalized spacial score (nSPS) is 19.8. The van der Waals surface area contributed by atoms with Gasteiger partial charge >= 0.3 is 5.97 Å². The van der Waals surface area contributed by atoms with Crippen LogP contribution in [0.2, 0.25) is 0 Å². The quantitative estimate of drug-likeness (QED) is 0.832. The van der Waals surface area contributed by atoms with Crippen LogP contribution in [0.4, 0.5) is 0 Å². The summed E-state index contributed by atoms with van der Waals surface area (Å²) in [5.41, 5.74) is 1.33. The SMILES string of the molecule is Cc1nn(-c2ccccc2)nc1C(=O)OCC(=O)N[C@H]1CCCC[C@H]1C. The minimum atomic E-state index is -0.642. The average molecular weight is 356 g/mol. The molecule has 1 aliphatic carbocycles. The van der Waals surface area contributed by atoms with E-state index in [0.29, 0.717) is 11.6 Å². The van der Waals surface area contributed by atoms with Crippen molar-refractivity contribution >= 4 is 11.9 Å². The van der Waals surface area contributed by atoms with Gasteiger partial charge in [-0.05, 0) is 37.8 Å². The van der Waals surface area contributed by atoms with E-state index in [4.69, 9.17) is 4.74 Å². The zero-order chi connectivity index (χ0) is 18.5. The first-order chi connectivity index (χ1) is 12.5. The Morgan fingerprint density at radius 2 is 1.92 bits per heavy atom. The Bertz CT molecular complexity index is 772. The maximum absolute atomic E-state index is 12.3. The van der Waals surface area contributed by atoms with E-state index < -0.39 is 5.97 Å². The Morgan fingerprint density at radius 1 is 1.19 bits per heavy atom. The fraction of sp³-hybridized carbons (Fsp3) is 0.474. The van der Waals surface area contributed by atoms with Crippen LogP contribution in [0.1, 0.15) is 48.8 Å². The van der Waals surface area contributed by atoms with E-state index in [9.17, 15) is 9.59 Å². The highest BCUT2D eigenvalue weighted by atomic mass is 16.5. The molecule has 0 bridgehead atoms. The second-order valence-corrected chi connectivity index (χ2v) is 6.77. The van der Waals surface area contributed by atoms with Gasteiger partial charge in [0.2, 0.25) is 0 Å². The number of hydrogen-bond donors (Lipinski definition) is 1. The van der Waals surface area contributed by atoms with Crippen molar-refractivity contribution in [1.82, 2.24) is 20.3 Å². The van der Waals surface area contributed by atoms with E-state index in [-0.39, 0.29) is 24.2 Å². The maximum atomic E-state index is 12.3. The summed E-state index contributed by atoms with van der Waals surface area (Å²) in [5, 5.41) is 11.4. The van der Waals surface area contributed by atoms with Gasteiger partial charge in [-0.25, -0.2) is 4.79 Å². The van der Waals surface area contributed by atoms with Crippen LogP contribution in [0.25, 0.3) is 5.69 Å². The van der Waals surface area contributed by atoms with E-state index in [1.165, 1.54) is 11.2 Å². The largest absolute Gasteiger partial charge is 0.451 e. The molecular formula is C19H24N4O3. The predicted molar refractivity (Wildman–Crippen MR) is 95.9 cm³/mol. The fourth-order valence-corrected chi connectivity index (χ4v) is 3.22. The van der Waals surface area contributed by atoms with E-state index in [1.807, 2.05) is 30.3 Å². The number of para-hydroxylation sites is 1. The van der Waals surface area contributed by atoms with Crippen LogP contribution in [0.3, 0.4) is 0 Å². The molecule has 1 fully saturated rings. The van der Waals surface area contributed by atoms with Gasteiger partial charge in [0, 0.05) is 6.04 Å². The molecule has 3 rings (SSSR count). The number of nitrogens with one attached hydrogen (secondary N) is 1. The first kappa shape index (κ1) is 18.1. The molecule has 0 radical (unpaired) electrons. The van der Waals surface area contributed by atoms with Gasteiger partial charge in [-0.3, -0.25) is 4.79 Å². The van der Waals surface area contributed by atoms with E-state index in [1.54, 1.807) is 6.92 Å². The van der Waals surface area contributed by atoms with Crippen LogP contribution < -0.4 is 5.32 Å². The van der Waals surface area contributed by atoms with Gasteiger partial charge in [0.05, 0.1) is 11.4 Å². The third kappa shape index (κ3) is 4.28.